The number of phenols is 2. The standard InChI is InChI=1S/C31H38N2O3Si.C25H24N2O2/c1-23-27(15-13-25(31(23)35)11-8-18-34)26-14-17-30-28(21-26)29(16-12-24-9-6-5-7-10-24)32-33(30)22-36-19-20-37(2,3)4;1-17-21(12-10-19(25(17)29)8-5-15-28)20-11-14-24-22(16-20)23(26-27-24)13-9-18-6-3-2-4-7-18/h5-7,9-10,12-17,21,34-35H,8,11,18-20,22H2,1-4H3;2-4,6-7,9-14,16,28-29H,5,8,15H2,1H3,(H,26,27)/b16-12+;13-9+. The summed E-state index contributed by atoms with van der Waals surface area (Å²) in [6, 6.07) is 42.0. The lowest BCUT2D eigenvalue weighted by atomic mass is 9.94. The van der Waals surface area contributed by atoms with Crippen LogP contribution in [0.3, 0.4) is 0 Å². The lowest BCUT2D eigenvalue weighted by Crippen LogP contribution is -2.22. The van der Waals surface area contributed by atoms with Gasteiger partial charge >= 0.3 is 0 Å². The maximum atomic E-state index is 10.8. The molecule has 9 nitrogen and oxygen atoms in total. The number of rotatable bonds is 17. The first kappa shape index (κ1) is 47.4. The first-order valence-electron chi connectivity index (χ1n) is 22.8. The lowest BCUT2D eigenvalue weighted by molar-refractivity contribution is 0.0816. The van der Waals surface area contributed by atoms with Crippen LogP contribution in [0, 0.1) is 13.8 Å². The minimum absolute atomic E-state index is 0.113. The van der Waals surface area contributed by atoms with Gasteiger partial charge in [-0.15, -0.1) is 0 Å². The van der Waals surface area contributed by atoms with E-state index in [2.05, 4.69) is 103 Å². The molecule has 340 valence electrons. The molecule has 8 aromatic rings. The third kappa shape index (κ3) is 11.8. The van der Waals surface area contributed by atoms with Gasteiger partial charge in [0.1, 0.15) is 18.2 Å². The first-order valence-corrected chi connectivity index (χ1v) is 26.5. The monoisotopic (exact) mass is 898 g/mol. The zero-order chi connectivity index (χ0) is 46.6. The minimum Gasteiger partial charge on any atom is -0.507 e. The molecule has 0 aliphatic carbocycles. The van der Waals surface area contributed by atoms with Crippen molar-refractivity contribution in [2.24, 2.45) is 0 Å². The predicted octanol–water partition coefficient (Wildman–Crippen LogP) is 12.5. The van der Waals surface area contributed by atoms with Crippen molar-refractivity contribution >= 4 is 54.2 Å². The van der Waals surface area contributed by atoms with E-state index in [-0.39, 0.29) is 13.2 Å². The Morgan fingerprint density at radius 1 is 0.621 bits per heavy atom. The van der Waals surface area contributed by atoms with E-state index in [4.69, 9.17) is 20.0 Å². The molecule has 8 rings (SSSR count). The second-order valence-electron chi connectivity index (χ2n) is 18.0. The molecule has 10 heteroatoms. The number of phenolic OH excluding ortho intramolecular Hbond substituents is 2. The van der Waals surface area contributed by atoms with Crippen LogP contribution in [0.1, 0.15) is 57.6 Å². The van der Waals surface area contributed by atoms with Crippen LogP contribution >= 0.6 is 0 Å². The van der Waals surface area contributed by atoms with E-state index in [0.29, 0.717) is 43.9 Å². The molecule has 0 aliphatic heterocycles. The molecular weight excluding hydrogens is 837 g/mol. The van der Waals surface area contributed by atoms with Crippen LogP contribution in [0.4, 0.5) is 0 Å². The highest BCUT2D eigenvalue weighted by Crippen LogP contribution is 2.37. The number of nitrogens with one attached hydrogen (secondary N) is 1. The maximum Gasteiger partial charge on any atom is 0.140 e. The fourth-order valence-electron chi connectivity index (χ4n) is 8.01. The summed E-state index contributed by atoms with van der Waals surface area (Å²) < 4.78 is 7.98. The van der Waals surface area contributed by atoms with Crippen molar-refractivity contribution in [1.29, 1.82) is 0 Å². The number of aryl methyl sites for hydroxylation is 2. The van der Waals surface area contributed by atoms with E-state index in [9.17, 15) is 10.2 Å². The van der Waals surface area contributed by atoms with Crippen molar-refractivity contribution in [2.45, 2.75) is 71.9 Å². The van der Waals surface area contributed by atoms with Crippen LogP contribution in [-0.2, 0) is 24.3 Å². The zero-order valence-electron chi connectivity index (χ0n) is 38.8. The van der Waals surface area contributed by atoms with Gasteiger partial charge in [0.15, 0.2) is 0 Å². The fraction of sp³-hybridized carbons (Fsp3) is 0.250. The number of aliphatic hydroxyl groups is 2. The third-order valence-corrected chi connectivity index (χ3v) is 13.6. The van der Waals surface area contributed by atoms with Gasteiger partial charge in [0.05, 0.1) is 22.4 Å². The number of nitrogens with zero attached hydrogens (tertiary/aromatic N) is 3. The van der Waals surface area contributed by atoms with E-state index >= 15 is 0 Å². The van der Waals surface area contributed by atoms with Crippen LogP contribution in [0.15, 0.2) is 121 Å². The van der Waals surface area contributed by atoms with Gasteiger partial charge in [-0.05, 0) is 138 Å². The van der Waals surface area contributed by atoms with Crippen LogP contribution < -0.4 is 0 Å². The van der Waals surface area contributed by atoms with Crippen LogP contribution in [0.25, 0.3) is 68.4 Å². The van der Waals surface area contributed by atoms with Crippen LogP contribution in [0.2, 0.25) is 25.7 Å². The molecule has 0 atom stereocenters. The van der Waals surface area contributed by atoms with Crippen molar-refractivity contribution in [1.82, 2.24) is 20.0 Å². The molecule has 0 spiro atoms. The van der Waals surface area contributed by atoms with Crippen molar-refractivity contribution in [3.05, 3.63) is 166 Å². The molecule has 66 heavy (non-hydrogen) atoms. The van der Waals surface area contributed by atoms with Gasteiger partial charge in [0, 0.05) is 38.7 Å². The predicted molar refractivity (Wildman–Crippen MR) is 275 cm³/mol. The van der Waals surface area contributed by atoms with Crippen molar-refractivity contribution < 1.29 is 25.2 Å². The summed E-state index contributed by atoms with van der Waals surface area (Å²) in [5.74, 6) is 0.620. The van der Waals surface area contributed by atoms with E-state index in [1.54, 1.807) is 0 Å². The van der Waals surface area contributed by atoms with E-state index in [1.165, 1.54) is 0 Å². The van der Waals surface area contributed by atoms with E-state index in [0.717, 1.165) is 101 Å². The van der Waals surface area contributed by atoms with Gasteiger partial charge in [-0.25, -0.2) is 4.68 Å². The Labute approximate surface area is 389 Å². The summed E-state index contributed by atoms with van der Waals surface area (Å²) in [5, 5.41) is 54.1. The Morgan fingerprint density at radius 2 is 1.15 bits per heavy atom. The average molecular weight is 899 g/mol. The molecule has 6 aromatic carbocycles. The van der Waals surface area contributed by atoms with Crippen molar-refractivity contribution in [2.75, 3.05) is 19.8 Å². The topological polar surface area (TPSA) is 137 Å². The quantitative estimate of drug-likeness (QED) is 0.0453. The van der Waals surface area contributed by atoms with Crippen LogP contribution in [-0.4, -0.2) is 68.3 Å². The number of H-pyrrole nitrogens is 1. The van der Waals surface area contributed by atoms with Gasteiger partial charge in [-0.3, -0.25) is 5.10 Å². The molecule has 2 aromatic heterocycles. The molecule has 5 N–H and O–H groups in total. The molecule has 2 heterocycles. The number of hydrogen-bond donors (Lipinski definition) is 5. The fourth-order valence-corrected chi connectivity index (χ4v) is 8.77. The second-order valence-corrected chi connectivity index (χ2v) is 23.6. The molecule has 0 unspecified atom stereocenters. The van der Waals surface area contributed by atoms with E-state index in [1.807, 2.05) is 91.3 Å². The van der Waals surface area contributed by atoms with E-state index < -0.39 is 8.07 Å². The summed E-state index contributed by atoms with van der Waals surface area (Å²) in [4.78, 5) is 0. The highest BCUT2D eigenvalue weighted by Gasteiger charge is 2.17. The number of aromatic amines is 1. The van der Waals surface area contributed by atoms with Crippen LogP contribution in [0.5, 0.6) is 11.5 Å². The van der Waals surface area contributed by atoms with Gasteiger partial charge in [0.25, 0.3) is 0 Å². The number of aromatic hydroxyl groups is 2. The normalized spacial score (nSPS) is 11.9. The Bertz CT molecular complexity index is 2930. The molecule has 0 amide bonds. The SMILES string of the molecule is Cc1c(-c2ccc3[nH]nc(/C=C/c4ccccc4)c3c2)ccc(CCCO)c1O.Cc1c(-c2ccc3c(c2)c(/C=C/c2ccccc2)nn3COCC[Si](C)(C)C)ccc(CCCO)c1O. The Kier molecular flexibility index (Phi) is 15.9. The Balaban J connectivity index is 0.000000202. The Morgan fingerprint density at radius 3 is 1.70 bits per heavy atom. The zero-order valence-corrected chi connectivity index (χ0v) is 39.8. The molecule has 0 aliphatic rings. The number of fused-ring (bicyclic) bond motifs is 2. The largest absolute Gasteiger partial charge is 0.507 e. The first-order chi connectivity index (χ1) is 31.9. The molecule has 0 bridgehead atoms. The van der Waals surface area contributed by atoms with Gasteiger partial charge < -0.3 is 25.2 Å². The maximum absolute atomic E-state index is 10.8. The number of aromatic nitrogens is 4. The number of ether oxygens (including phenoxy) is 1. The average Bonchev–Trinajstić information content (AvgIpc) is 3.90. The molecule has 0 saturated carbocycles. The minimum atomic E-state index is -1.16. The molecule has 0 fully saturated rings. The third-order valence-electron chi connectivity index (χ3n) is 11.9. The summed E-state index contributed by atoms with van der Waals surface area (Å²) in [6.07, 6.45) is 10.8. The smallest absolute Gasteiger partial charge is 0.140 e. The van der Waals surface area contributed by atoms with Crippen molar-refractivity contribution in [3.8, 4) is 33.8 Å². The van der Waals surface area contributed by atoms with Crippen molar-refractivity contribution in [3.63, 3.8) is 0 Å². The summed E-state index contributed by atoms with van der Waals surface area (Å²) in [5.41, 5.74) is 13.5. The van der Waals surface area contributed by atoms with Gasteiger partial charge in [0.2, 0.25) is 0 Å². The Hall–Kier alpha value is -6.56. The van der Waals surface area contributed by atoms with Gasteiger partial charge in [-0.1, -0.05) is 129 Å². The number of benzene rings is 6. The summed E-state index contributed by atoms with van der Waals surface area (Å²) in [6.45, 7) is 12.3. The lowest BCUT2D eigenvalue weighted by Gasteiger charge is -2.15. The molecule has 0 saturated heterocycles. The number of hydrogen-bond acceptors (Lipinski definition) is 7. The van der Waals surface area contributed by atoms with Gasteiger partial charge in [-0.2, -0.15) is 10.2 Å². The highest BCUT2D eigenvalue weighted by molar-refractivity contribution is 6.76. The molecular formula is C56H62N4O5Si. The second kappa shape index (κ2) is 22.1. The highest BCUT2D eigenvalue weighted by atomic mass is 28.3. The molecule has 0 radical (unpaired) electrons. The number of aliphatic hydroxyl groups excluding tert-OH is 2. The summed E-state index contributed by atoms with van der Waals surface area (Å²) in [7, 11) is -1.16. The summed E-state index contributed by atoms with van der Waals surface area (Å²) >= 11 is 0.